The van der Waals surface area contributed by atoms with Crippen molar-refractivity contribution in [2.45, 2.75) is 19.4 Å². The number of carboxylic acid groups (broad SMARTS) is 1. The molecule has 1 unspecified atom stereocenters. The Morgan fingerprint density at radius 3 is 3.06 bits per heavy atom. The van der Waals surface area contributed by atoms with Crippen LogP contribution in [-0.2, 0) is 16.1 Å². The van der Waals surface area contributed by atoms with E-state index in [0.29, 0.717) is 11.6 Å². The van der Waals surface area contributed by atoms with Crippen LogP contribution in [0.25, 0.3) is 0 Å². The van der Waals surface area contributed by atoms with Gasteiger partial charge in [-0.1, -0.05) is 0 Å². The van der Waals surface area contributed by atoms with Crippen LogP contribution in [0.4, 0.5) is 0 Å². The van der Waals surface area contributed by atoms with E-state index in [1.54, 1.807) is 0 Å². The third-order valence-corrected chi connectivity index (χ3v) is 3.56. The SMILES string of the molecule is O=C(O)c1csc(CNC(=O)C2CCCOC2)n1. The minimum absolute atomic E-state index is 0.0187. The Balaban J connectivity index is 1.82. The molecule has 7 heteroatoms. The molecule has 1 aliphatic rings. The van der Waals surface area contributed by atoms with Crippen LogP contribution in [-0.4, -0.2) is 35.2 Å². The molecule has 1 aromatic heterocycles. The van der Waals surface area contributed by atoms with Gasteiger partial charge in [0.05, 0.1) is 19.1 Å². The van der Waals surface area contributed by atoms with E-state index in [-0.39, 0.29) is 24.1 Å². The molecule has 0 bridgehead atoms. The number of ether oxygens (including phenoxy) is 1. The van der Waals surface area contributed by atoms with Gasteiger partial charge in [-0.15, -0.1) is 11.3 Å². The van der Waals surface area contributed by atoms with Gasteiger partial charge >= 0.3 is 5.97 Å². The lowest BCUT2D eigenvalue weighted by molar-refractivity contribution is -0.129. The fraction of sp³-hybridized carbons (Fsp3) is 0.545. The molecule has 0 radical (unpaired) electrons. The van der Waals surface area contributed by atoms with E-state index in [0.717, 1.165) is 19.4 Å². The molecule has 0 spiro atoms. The molecule has 0 aliphatic carbocycles. The van der Waals surface area contributed by atoms with Crippen LogP contribution in [0.1, 0.15) is 28.3 Å². The average molecular weight is 270 g/mol. The molecule has 2 N–H and O–H groups in total. The number of hydrogen-bond donors (Lipinski definition) is 2. The number of carbonyl (C=O) groups is 2. The smallest absolute Gasteiger partial charge is 0.355 e. The summed E-state index contributed by atoms with van der Waals surface area (Å²) in [5.74, 6) is -1.20. The Bertz CT molecular complexity index is 440. The van der Waals surface area contributed by atoms with Crippen molar-refractivity contribution in [1.29, 1.82) is 0 Å². The summed E-state index contributed by atoms with van der Waals surface area (Å²) in [5, 5.41) is 13.5. The molecule has 2 heterocycles. The lowest BCUT2D eigenvalue weighted by Gasteiger charge is -2.20. The highest BCUT2D eigenvalue weighted by atomic mass is 32.1. The standard InChI is InChI=1S/C11H14N2O4S/c14-10(7-2-1-3-17-5-7)12-4-9-13-8(6-18-9)11(15)16/h6-7H,1-5H2,(H,12,14)(H,15,16). The second kappa shape index (κ2) is 5.92. The molecular formula is C11H14N2O4S. The molecule has 1 fully saturated rings. The number of aromatic nitrogens is 1. The molecule has 1 aromatic rings. The summed E-state index contributed by atoms with van der Waals surface area (Å²) in [6.07, 6.45) is 1.74. The molecular weight excluding hydrogens is 256 g/mol. The monoisotopic (exact) mass is 270 g/mol. The number of aromatic carboxylic acids is 1. The quantitative estimate of drug-likeness (QED) is 0.848. The predicted molar refractivity (Wildman–Crippen MR) is 64.5 cm³/mol. The van der Waals surface area contributed by atoms with Crippen LogP contribution in [0.15, 0.2) is 5.38 Å². The minimum atomic E-state index is -1.05. The van der Waals surface area contributed by atoms with Crippen molar-refractivity contribution in [2.75, 3.05) is 13.2 Å². The largest absolute Gasteiger partial charge is 0.476 e. The van der Waals surface area contributed by atoms with Gasteiger partial charge in [-0.2, -0.15) is 0 Å². The lowest BCUT2D eigenvalue weighted by Crippen LogP contribution is -2.35. The summed E-state index contributed by atoms with van der Waals surface area (Å²) >= 11 is 1.23. The first-order valence-electron chi connectivity index (χ1n) is 5.70. The van der Waals surface area contributed by atoms with Gasteiger partial charge in [0.25, 0.3) is 0 Å². The highest BCUT2D eigenvalue weighted by Gasteiger charge is 2.21. The maximum Gasteiger partial charge on any atom is 0.355 e. The molecule has 0 aromatic carbocycles. The van der Waals surface area contributed by atoms with E-state index >= 15 is 0 Å². The van der Waals surface area contributed by atoms with Crippen molar-refractivity contribution in [2.24, 2.45) is 5.92 Å². The maximum absolute atomic E-state index is 11.8. The van der Waals surface area contributed by atoms with Crippen molar-refractivity contribution >= 4 is 23.2 Å². The second-order valence-corrected chi connectivity index (χ2v) is 5.01. The van der Waals surface area contributed by atoms with E-state index < -0.39 is 5.97 Å². The van der Waals surface area contributed by atoms with E-state index in [4.69, 9.17) is 9.84 Å². The highest BCUT2D eigenvalue weighted by molar-refractivity contribution is 7.09. The maximum atomic E-state index is 11.8. The molecule has 1 aliphatic heterocycles. The Kier molecular flexibility index (Phi) is 4.27. The van der Waals surface area contributed by atoms with Gasteiger partial charge in [0.2, 0.25) is 5.91 Å². The molecule has 1 amide bonds. The zero-order valence-corrected chi connectivity index (χ0v) is 10.5. The topological polar surface area (TPSA) is 88.5 Å². The predicted octanol–water partition coefficient (Wildman–Crippen LogP) is 0.884. The van der Waals surface area contributed by atoms with Crippen molar-refractivity contribution in [3.05, 3.63) is 16.1 Å². The zero-order valence-electron chi connectivity index (χ0n) is 9.72. The van der Waals surface area contributed by atoms with Gasteiger partial charge in [-0.3, -0.25) is 4.79 Å². The van der Waals surface area contributed by atoms with Crippen LogP contribution in [0.5, 0.6) is 0 Å². The van der Waals surface area contributed by atoms with Crippen LogP contribution in [0.3, 0.4) is 0 Å². The van der Waals surface area contributed by atoms with Gasteiger partial charge in [0.1, 0.15) is 5.01 Å². The van der Waals surface area contributed by atoms with Crippen LogP contribution in [0.2, 0.25) is 0 Å². The fourth-order valence-corrected chi connectivity index (χ4v) is 2.45. The Morgan fingerprint density at radius 1 is 1.61 bits per heavy atom. The summed E-state index contributed by atoms with van der Waals surface area (Å²) in [7, 11) is 0. The summed E-state index contributed by atoms with van der Waals surface area (Å²) in [4.78, 5) is 26.3. The summed E-state index contributed by atoms with van der Waals surface area (Å²) in [6.45, 7) is 1.45. The first-order chi connectivity index (χ1) is 8.66. The summed E-state index contributed by atoms with van der Waals surface area (Å²) < 4.78 is 5.24. The van der Waals surface area contributed by atoms with E-state index in [1.807, 2.05) is 0 Å². The van der Waals surface area contributed by atoms with E-state index in [2.05, 4.69) is 10.3 Å². The average Bonchev–Trinajstić information content (AvgIpc) is 2.86. The normalized spacial score (nSPS) is 19.4. The molecule has 0 saturated carbocycles. The van der Waals surface area contributed by atoms with Gasteiger partial charge in [-0.25, -0.2) is 9.78 Å². The fourth-order valence-electron chi connectivity index (χ4n) is 1.74. The Morgan fingerprint density at radius 2 is 2.44 bits per heavy atom. The molecule has 18 heavy (non-hydrogen) atoms. The van der Waals surface area contributed by atoms with Gasteiger partial charge < -0.3 is 15.2 Å². The molecule has 1 atom stereocenters. The summed E-state index contributed by atoms with van der Waals surface area (Å²) in [6, 6.07) is 0. The molecule has 2 rings (SSSR count). The van der Waals surface area contributed by atoms with Crippen molar-refractivity contribution in [1.82, 2.24) is 10.3 Å². The van der Waals surface area contributed by atoms with E-state index in [1.165, 1.54) is 16.7 Å². The number of rotatable bonds is 4. The zero-order chi connectivity index (χ0) is 13.0. The van der Waals surface area contributed by atoms with Gasteiger partial charge in [0.15, 0.2) is 5.69 Å². The number of nitrogens with one attached hydrogen (secondary N) is 1. The number of nitrogens with zero attached hydrogens (tertiary/aromatic N) is 1. The van der Waals surface area contributed by atoms with Gasteiger partial charge in [0, 0.05) is 12.0 Å². The Hall–Kier alpha value is -1.47. The number of carboxylic acids is 1. The molecule has 1 saturated heterocycles. The number of hydrogen-bond acceptors (Lipinski definition) is 5. The van der Waals surface area contributed by atoms with Gasteiger partial charge in [-0.05, 0) is 12.8 Å². The van der Waals surface area contributed by atoms with E-state index in [9.17, 15) is 9.59 Å². The van der Waals surface area contributed by atoms with Crippen molar-refractivity contribution < 1.29 is 19.4 Å². The first-order valence-corrected chi connectivity index (χ1v) is 6.58. The number of carbonyl (C=O) groups excluding carboxylic acids is 1. The first kappa shape index (κ1) is 13.0. The van der Waals surface area contributed by atoms with Crippen LogP contribution < -0.4 is 5.32 Å². The molecule has 98 valence electrons. The highest BCUT2D eigenvalue weighted by Crippen LogP contribution is 2.14. The summed E-state index contributed by atoms with van der Waals surface area (Å²) in [5.41, 5.74) is 0.0187. The Labute approximate surface area is 108 Å². The van der Waals surface area contributed by atoms with Crippen molar-refractivity contribution in [3.8, 4) is 0 Å². The number of amides is 1. The van der Waals surface area contributed by atoms with Crippen LogP contribution >= 0.6 is 11.3 Å². The third kappa shape index (κ3) is 3.27. The van der Waals surface area contributed by atoms with Crippen LogP contribution in [0, 0.1) is 5.92 Å². The van der Waals surface area contributed by atoms with Crippen molar-refractivity contribution in [3.63, 3.8) is 0 Å². The third-order valence-electron chi connectivity index (χ3n) is 2.72. The number of thiazole rings is 1. The molecule has 6 nitrogen and oxygen atoms in total. The lowest BCUT2D eigenvalue weighted by atomic mass is 10.0. The minimum Gasteiger partial charge on any atom is -0.476 e. The second-order valence-electron chi connectivity index (χ2n) is 4.06.